The average molecular weight is 424 g/mol. The standard InChI is InChI=1S/C24H29N3O2S/c1-5-29-20-7-6-8-21-23(20)25-24(30-21)27-11-9-26(10-12-27)22(28)15-19-17(3)13-16(2)14-18(19)4/h6-8,13-14H,5,9-12,15H2,1-4H3. The van der Waals surface area contributed by atoms with E-state index < -0.39 is 0 Å². The number of hydrogen-bond donors (Lipinski definition) is 0. The Morgan fingerprint density at radius 1 is 1.10 bits per heavy atom. The van der Waals surface area contributed by atoms with E-state index in [1.165, 1.54) is 22.3 Å². The number of piperazine rings is 1. The summed E-state index contributed by atoms with van der Waals surface area (Å²) in [5.41, 5.74) is 5.77. The molecule has 0 spiro atoms. The summed E-state index contributed by atoms with van der Waals surface area (Å²) in [7, 11) is 0. The summed E-state index contributed by atoms with van der Waals surface area (Å²) in [5.74, 6) is 1.06. The lowest BCUT2D eigenvalue weighted by Crippen LogP contribution is -2.49. The largest absolute Gasteiger partial charge is 0.492 e. The van der Waals surface area contributed by atoms with Crippen molar-refractivity contribution < 1.29 is 9.53 Å². The maximum Gasteiger partial charge on any atom is 0.227 e. The van der Waals surface area contributed by atoms with Gasteiger partial charge >= 0.3 is 0 Å². The Morgan fingerprint density at radius 3 is 2.47 bits per heavy atom. The normalized spacial score (nSPS) is 14.4. The first-order valence-electron chi connectivity index (χ1n) is 10.6. The monoisotopic (exact) mass is 423 g/mol. The number of para-hydroxylation sites is 1. The number of carbonyl (C=O) groups excluding carboxylic acids is 1. The third-order valence-corrected chi connectivity index (χ3v) is 6.82. The molecule has 5 nitrogen and oxygen atoms in total. The zero-order chi connectivity index (χ0) is 21.3. The summed E-state index contributed by atoms with van der Waals surface area (Å²) in [5, 5.41) is 1.01. The molecule has 1 aliphatic heterocycles. The van der Waals surface area contributed by atoms with Gasteiger partial charge in [0.15, 0.2) is 5.13 Å². The molecule has 0 bridgehead atoms. The van der Waals surface area contributed by atoms with Crippen LogP contribution in [0.1, 0.15) is 29.2 Å². The molecule has 30 heavy (non-hydrogen) atoms. The number of nitrogens with zero attached hydrogens (tertiary/aromatic N) is 3. The molecule has 2 heterocycles. The van der Waals surface area contributed by atoms with Gasteiger partial charge in [0.2, 0.25) is 5.91 Å². The first kappa shape index (κ1) is 20.7. The van der Waals surface area contributed by atoms with Gasteiger partial charge in [0.25, 0.3) is 0 Å². The van der Waals surface area contributed by atoms with Crippen molar-refractivity contribution >= 4 is 32.6 Å². The summed E-state index contributed by atoms with van der Waals surface area (Å²) < 4.78 is 6.86. The fourth-order valence-corrected chi connectivity index (χ4v) is 5.25. The molecule has 0 saturated carbocycles. The lowest BCUT2D eigenvalue weighted by Gasteiger charge is -2.34. The van der Waals surface area contributed by atoms with Crippen molar-refractivity contribution in [3.8, 4) is 5.75 Å². The highest BCUT2D eigenvalue weighted by atomic mass is 32.1. The summed E-state index contributed by atoms with van der Waals surface area (Å²) in [6, 6.07) is 10.4. The fraction of sp³-hybridized carbons (Fsp3) is 0.417. The summed E-state index contributed by atoms with van der Waals surface area (Å²) in [6.45, 7) is 12.0. The second-order valence-corrected chi connectivity index (χ2v) is 8.96. The number of ether oxygens (including phenoxy) is 1. The Bertz CT molecular complexity index is 1040. The van der Waals surface area contributed by atoms with Gasteiger partial charge in [0, 0.05) is 26.2 Å². The molecular formula is C24H29N3O2S. The first-order valence-corrected chi connectivity index (χ1v) is 11.4. The third kappa shape index (κ3) is 4.15. The van der Waals surface area contributed by atoms with Crippen LogP contribution in [0.15, 0.2) is 30.3 Å². The molecule has 0 N–H and O–H groups in total. The molecule has 1 aliphatic rings. The zero-order valence-corrected chi connectivity index (χ0v) is 19.0. The molecule has 3 aromatic rings. The Hall–Kier alpha value is -2.60. The van der Waals surface area contributed by atoms with Gasteiger partial charge in [-0.25, -0.2) is 4.98 Å². The number of aromatic nitrogens is 1. The van der Waals surface area contributed by atoms with E-state index in [-0.39, 0.29) is 5.91 Å². The van der Waals surface area contributed by atoms with Crippen molar-refractivity contribution in [2.75, 3.05) is 37.7 Å². The molecule has 1 fully saturated rings. The van der Waals surface area contributed by atoms with Gasteiger partial charge in [0.05, 0.1) is 17.7 Å². The van der Waals surface area contributed by atoms with E-state index in [1.807, 2.05) is 24.0 Å². The topological polar surface area (TPSA) is 45.7 Å². The molecule has 4 rings (SSSR count). The fourth-order valence-electron chi connectivity index (χ4n) is 4.22. The van der Waals surface area contributed by atoms with Crippen molar-refractivity contribution in [1.82, 2.24) is 9.88 Å². The minimum absolute atomic E-state index is 0.215. The van der Waals surface area contributed by atoms with Crippen LogP contribution in [0.25, 0.3) is 10.2 Å². The quantitative estimate of drug-likeness (QED) is 0.606. The Labute approximate surface area is 182 Å². The molecule has 1 aromatic heterocycles. The molecule has 1 saturated heterocycles. The molecular weight excluding hydrogens is 394 g/mol. The number of aryl methyl sites for hydroxylation is 3. The van der Waals surface area contributed by atoms with Gasteiger partial charge in [-0.05, 0) is 56.5 Å². The Balaban J connectivity index is 1.42. The number of fused-ring (bicyclic) bond motifs is 1. The number of benzene rings is 2. The van der Waals surface area contributed by atoms with Gasteiger partial charge in [0.1, 0.15) is 11.3 Å². The van der Waals surface area contributed by atoms with E-state index in [4.69, 9.17) is 9.72 Å². The number of amides is 1. The van der Waals surface area contributed by atoms with Crippen molar-refractivity contribution in [3.05, 3.63) is 52.6 Å². The zero-order valence-electron chi connectivity index (χ0n) is 18.2. The summed E-state index contributed by atoms with van der Waals surface area (Å²) in [4.78, 5) is 22.1. The van der Waals surface area contributed by atoms with Crippen LogP contribution in [-0.2, 0) is 11.2 Å². The van der Waals surface area contributed by atoms with Gasteiger partial charge in [-0.3, -0.25) is 4.79 Å². The summed E-state index contributed by atoms with van der Waals surface area (Å²) >= 11 is 1.69. The first-order chi connectivity index (χ1) is 14.5. The van der Waals surface area contributed by atoms with Crippen molar-refractivity contribution in [3.63, 3.8) is 0 Å². The Kier molecular flexibility index (Phi) is 5.95. The van der Waals surface area contributed by atoms with Gasteiger partial charge in [-0.1, -0.05) is 35.1 Å². The van der Waals surface area contributed by atoms with Crippen LogP contribution in [0, 0.1) is 20.8 Å². The maximum absolute atomic E-state index is 12.9. The number of thiazole rings is 1. The van der Waals surface area contributed by atoms with Crippen LogP contribution >= 0.6 is 11.3 Å². The second-order valence-electron chi connectivity index (χ2n) is 7.95. The molecule has 6 heteroatoms. The van der Waals surface area contributed by atoms with Crippen LogP contribution in [0.2, 0.25) is 0 Å². The van der Waals surface area contributed by atoms with Crippen molar-refractivity contribution in [1.29, 1.82) is 0 Å². The minimum Gasteiger partial charge on any atom is -0.492 e. The van der Waals surface area contributed by atoms with E-state index in [9.17, 15) is 4.79 Å². The number of anilines is 1. The Morgan fingerprint density at radius 2 is 1.80 bits per heavy atom. The average Bonchev–Trinajstić information content (AvgIpc) is 3.16. The smallest absolute Gasteiger partial charge is 0.227 e. The molecule has 0 radical (unpaired) electrons. The molecule has 0 atom stereocenters. The highest BCUT2D eigenvalue weighted by Crippen LogP contribution is 2.34. The number of rotatable bonds is 5. The van der Waals surface area contributed by atoms with E-state index in [0.717, 1.165) is 47.3 Å². The molecule has 0 unspecified atom stereocenters. The van der Waals surface area contributed by atoms with Crippen LogP contribution in [0.4, 0.5) is 5.13 Å². The summed E-state index contributed by atoms with van der Waals surface area (Å²) in [6.07, 6.45) is 0.483. The van der Waals surface area contributed by atoms with Crippen molar-refractivity contribution in [2.24, 2.45) is 0 Å². The lowest BCUT2D eigenvalue weighted by atomic mass is 9.97. The highest BCUT2D eigenvalue weighted by molar-refractivity contribution is 7.22. The molecule has 2 aromatic carbocycles. The van der Waals surface area contributed by atoms with Gasteiger partial charge in [-0.2, -0.15) is 0 Å². The van der Waals surface area contributed by atoms with E-state index in [1.54, 1.807) is 11.3 Å². The van der Waals surface area contributed by atoms with Crippen LogP contribution < -0.4 is 9.64 Å². The second kappa shape index (κ2) is 8.64. The number of hydrogen-bond acceptors (Lipinski definition) is 5. The van der Waals surface area contributed by atoms with Crippen LogP contribution in [0.3, 0.4) is 0 Å². The third-order valence-electron chi connectivity index (χ3n) is 5.74. The minimum atomic E-state index is 0.215. The SMILES string of the molecule is CCOc1cccc2sc(N3CCN(C(=O)Cc4c(C)cc(C)cc4C)CC3)nc12. The maximum atomic E-state index is 12.9. The predicted octanol–water partition coefficient (Wildman–Crippen LogP) is 4.51. The van der Waals surface area contributed by atoms with Crippen LogP contribution in [0.5, 0.6) is 5.75 Å². The lowest BCUT2D eigenvalue weighted by molar-refractivity contribution is -0.130. The predicted molar refractivity (Wildman–Crippen MR) is 124 cm³/mol. The van der Waals surface area contributed by atoms with Gasteiger partial charge in [-0.15, -0.1) is 0 Å². The molecule has 158 valence electrons. The van der Waals surface area contributed by atoms with E-state index in [0.29, 0.717) is 13.0 Å². The highest BCUT2D eigenvalue weighted by Gasteiger charge is 2.24. The molecule has 1 amide bonds. The van der Waals surface area contributed by atoms with Crippen LogP contribution in [-0.4, -0.2) is 48.6 Å². The van der Waals surface area contributed by atoms with E-state index in [2.05, 4.69) is 43.9 Å². The molecule has 0 aliphatic carbocycles. The van der Waals surface area contributed by atoms with Gasteiger partial charge < -0.3 is 14.5 Å². The van der Waals surface area contributed by atoms with Crippen molar-refractivity contribution in [2.45, 2.75) is 34.1 Å². The van der Waals surface area contributed by atoms with E-state index >= 15 is 0 Å². The number of carbonyl (C=O) groups is 1.